The van der Waals surface area contributed by atoms with E-state index in [2.05, 4.69) is 27.4 Å². The van der Waals surface area contributed by atoms with Crippen molar-refractivity contribution in [3.05, 3.63) is 89.0 Å². The van der Waals surface area contributed by atoms with E-state index < -0.39 is 18.4 Å². The number of alkyl halides is 1. The van der Waals surface area contributed by atoms with Crippen LogP contribution in [0.3, 0.4) is 0 Å². The predicted octanol–water partition coefficient (Wildman–Crippen LogP) is 3.38. The van der Waals surface area contributed by atoms with Crippen molar-refractivity contribution in [2.45, 2.75) is 25.0 Å². The molecule has 3 N–H and O–H groups in total. The number of rotatable bonds is 6. The van der Waals surface area contributed by atoms with Gasteiger partial charge in [-0.3, -0.25) is 19.7 Å². The Morgan fingerprint density at radius 3 is 2.79 bits per heavy atom. The predicted molar refractivity (Wildman–Crippen MR) is 106 cm³/mol. The molecular formula is C22H23FN4O. The van der Waals surface area contributed by atoms with Gasteiger partial charge in [0.2, 0.25) is 0 Å². The first kappa shape index (κ1) is 18.5. The second kappa shape index (κ2) is 7.66. The van der Waals surface area contributed by atoms with Gasteiger partial charge in [0, 0.05) is 30.1 Å². The number of benzene rings is 1. The Morgan fingerprint density at radius 2 is 1.96 bits per heavy atom. The van der Waals surface area contributed by atoms with Crippen LogP contribution in [0.2, 0.25) is 0 Å². The van der Waals surface area contributed by atoms with Crippen LogP contribution in [-0.4, -0.2) is 23.2 Å². The van der Waals surface area contributed by atoms with E-state index >= 15 is 0 Å². The van der Waals surface area contributed by atoms with Crippen molar-refractivity contribution in [2.75, 3.05) is 13.3 Å². The van der Waals surface area contributed by atoms with E-state index in [1.165, 1.54) is 0 Å². The lowest BCUT2D eigenvalue weighted by atomic mass is 9.78. The Bertz CT molecular complexity index is 980. The van der Waals surface area contributed by atoms with Crippen LogP contribution in [0.5, 0.6) is 5.75 Å². The van der Waals surface area contributed by atoms with Gasteiger partial charge in [-0.15, -0.1) is 0 Å². The fourth-order valence-corrected chi connectivity index (χ4v) is 3.85. The summed E-state index contributed by atoms with van der Waals surface area (Å²) in [5.74, 6) is 0.698. The molecule has 0 aliphatic carbocycles. The zero-order chi connectivity index (χ0) is 19.6. The molecular weight excluding hydrogens is 355 g/mol. The van der Waals surface area contributed by atoms with Crippen LogP contribution >= 0.6 is 0 Å². The molecule has 0 fully saturated rings. The van der Waals surface area contributed by atoms with Crippen molar-refractivity contribution in [3.63, 3.8) is 0 Å². The highest BCUT2D eigenvalue weighted by atomic mass is 19.1. The van der Waals surface area contributed by atoms with Gasteiger partial charge in [-0.05, 0) is 48.4 Å². The van der Waals surface area contributed by atoms with Gasteiger partial charge in [0.25, 0.3) is 0 Å². The highest BCUT2D eigenvalue weighted by molar-refractivity contribution is 5.55. The molecule has 0 spiro atoms. The molecule has 2 atom stereocenters. The van der Waals surface area contributed by atoms with Gasteiger partial charge >= 0.3 is 0 Å². The molecule has 1 aliphatic rings. The number of hydrogen-bond acceptors (Lipinski definition) is 5. The zero-order valence-electron chi connectivity index (χ0n) is 15.7. The van der Waals surface area contributed by atoms with Crippen LogP contribution < -0.4 is 15.8 Å². The van der Waals surface area contributed by atoms with E-state index in [9.17, 15) is 4.39 Å². The summed E-state index contributed by atoms with van der Waals surface area (Å²) >= 11 is 0. The summed E-state index contributed by atoms with van der Waals surface area (Å²) in [7, 11) is 0. The average Bonchev–Trinajstić information content (AvgIpc) is 3.02. The van der Waals surface area contributed by atoms with Gasteiger partial charge in [0.15, 0.2) is 0 Å². The summed E-state index contributed by atoms with van der Waals surface area (Å²) in [5.41, 5.74) is 10.5. The van der Waals surface area contributed by atoms with E-state index in [1.54, 1.807) is 12.4 Å². The minimum atomic E-state index is -0.670. The third kappa shape index (κ3) is 3.15. The van der Waals surface area contributed by atoms with Gasteiger partial charge in [0.05, 0.1) is 24.5 Å². The van der Waals surface area contributed by atoms with Crippen LogP contribution in [-0.2, 0) is 5.54 Å². The van der Waals surface area contributed by atoms with Crippen molar-refractivity contribution in [1.29, 1.82) is 0 Å². The van der Waals surface area contributed by atoms with Crippen LogP contribution in [0.15, 0.2) is 60.9 Å². The van der Waals surface area contributed by atoms with E-state index in [0.29, 0.717) is 18.8 Å². The summed E-state index contributed by atoms with van der Waals surface area (Å²) in [6.45, 7) is 1.91. The third-order valence-electron chi connectivity index (χ3n) is 5.05. The first-order chi connectivity index (χ1) is 13.6. The Labute approximate surface area is 163 Å². The highest BCUT2D eigenvalue weighted by Gasteiger charge is 2.46. The van der Waals surface area contributed by atoms with Crippen LogP contribution in [0.25, 0.3) is 0 Å². The molecule has 1 aromatic carbocycles. The standard InChI is InChI=1S/C22H23FN4O/c1-15-13-17(8-11-25-15)22(19-7-3-10-26-20(19)21(24)27-22)16-5-2-6-18(14-16)28-12-4-9-23/h2-3,5-8,10-11,13-14,21,27H,4,9,12,24H2,1H3. The quantitative estimate of drug-likeness (QED) is 0.644. The summed E-state index contributed by atoms with van der Waals surface area (Å²) in [6, 6.07) is 15.9. The Morgan fingerprint density at radius 1 is 1.11 bits per heavy atom. The Balaban J connectivity index is 1.88. The molecule has 0 saturated carbocycles. The molecule has 2 aromatic heterocycles. The van der Waals surface area contributed by atoms with Crippen LogP contribution in [0, 0.1) is 6.92 Å². The number of ether oxygens (including phenoxy) is 1. The first-order valence-corrected chi connectivity index (χ1v) is 9.36. The highest BCUT2D eigenvalue weighted by Crippen LogP contribution is 2.45. The van der Waals surface area contributed by atoms with Gasteiger partial charge in [-0.1, -0.05) is 18.2 Å². The number of pyridine rings is 2. The lowest BCUT2D eigenvalue weighted by Crippen LogP contribution is -2.42. The molecule has 0 radical (unpaired) electrons. The number of nitrogens with two attached hydrogens (primary N) is 1. The van der Waals surface area contributed by atoms with Crippen molar-refractivity contribution in [3.8, 4) is 5.75 Å². The van der Waals surface area contributed by atoms with Crippen molar-refractivity contribution in [1.82, 2.24) is 15.3 Å². The molecule has 144 valence electrons. The minimum absolute atomic E-state index is 0.340. The lowest BCUT2D eigenvalue weighted by molar-refractivity contribution is 0.289. The van der Waals surface area contributed by atoms with E-state index in [1.807, 2.05) is 43.3 Å². The van der Waals surface area contributed by atoms with Crippen molar-refractivity contribution < 1.29 is 9.13 Å². The van der Waals surface area contributed by atoms with Crippen molar-refractivity contribution >= 4 is 0 Å². The normalized spacial score (nSPS) is 20.8. The number of aryl methyl sites for hydroxylation is 1. The van der Waals surface area contributed by atoms with E-state index in [-0.39, 0.29) is 0 Å². The molecule has 3 heterocycles. The molecule has 0 amide bonds. The fourth-order valence-electron chi connectivity index (χ4n) is 3.85. The number of aromatic nitrogens is 2. The zero-order valence-corrected chi connectivity index (χ0v) is 15.7. The average molecular weight is 378 g/mol. The molecule has 28 heavy (non-hydrogen) atoms. The second-order valence-corrected chi connectivity index (χ2v) is 6.91. The molecule has 3 aromatic rings. The van der Waals surface area contributed by atoms with Gasteiger partial charge in [-0.2, -0.15) is 0 Å². The maximum Gasteiger partial charge on any atom is 0.119 e. The van der Waals surface area contributed by atoms with E-state index in [4.69, 9.17) is 10.5 Å². The topological polar surface area (TPSA) is 73.1 Å². The van der Waals surface area contributed by atoms with Crippen molar-refractivity contribution in [2.24, 2.45) is 5.73 Å². The maximum atomic E-state index is 12.4. The van der Waals surface area contributed by atoms with Gasteiger partial charge < -0.3 is 10.5 Å². The molecule has 6 heteroatoms. The van der Waals surface area contributed by atoms with Crippen LogP contribution in [0.1, 0.15) is 40.7 Å². The molecule has 5 nitrogen and oxygen atoms in total. The lowest BCUT2D eigenvalue weighted by Gasteiger charge is -2.33. The number of hydrogen-bond donors (Lipinski definition) is 2. The molecule has 0 saturated heterocycles. The Kier molecular flexibility index (Phi) is 5.07. The van der Waals surface area contributed by atoms with E-state index in [0.717, 1.165) is 28.1 Å². The smallest absolute Gasteiger partial charge is 0.119 e. The molecule has 1 aliphatic heterocycles. The summed E-state index contributed by atoms with van der Waals surface area (Å²) in [5, 5.41) is 3.56. The number of fused-ring (bicyclic) bond motifs is 1. The number of halogens is 1. The Hall–Kier alpha value is -2.83. The number of nitrogens with one attached hydrogen (secondary N) is 1. The van der Waals surface area contributed by atoms with Gasteiger partial charge in [-0.25, -0.2) is 0 Å². The third-order valence-corrected chi connectivity index (χ3v) is 5.05. The fraction of sp³-hybridized carbons (Fsp3) is 0.273. The molecule has 4 rings (SSSR count). The number of nitrogens with zero attached hydrogens (tertiary/aromatic N) is 2. The summed E-state index contributed by atoms with van der Waals surface area (Å²) in [6.07, 6.45) is 3.52. The SMILES string of the molecule is Cc1cc(C2(c3cccc(OCCCF)c3)NC(N)c3ncccc32)ccn1. The van der Waals surface area contributed by atoms with Gasteiger partial charge in [0.1, 0.15) is 11.9 Å². The molecule has 0 bridgehead atoms. The summed E-state index contributed by atoms with van der Waals surface area (Å²) < 4.78 is 18.2. The summed E-state index contributed by atoms with van der Waals surface area (Å²) in [4.78, 5) is 8.86. The largest absolute Gasteiger partial charge is 0.493 e. The molecule has 2 unspecified atom stereocenters. The monoisotopic (exact) mass is 378 g/mol. The first-order valence-electron chi connectivity index (χ1n) is 9.36. The minimum Gasteiger partial charge on any atom is -0.493 e. The maximum absolute atomic E-state index is 12.4. The van der Waals surface area contributed by atoms with Crippen LogP contribution in [0.4, 0.5) is 4.39 Å². The second-order valence-electron chi connectivity index (χ2n) is 6.91.